The summed E-state index contributed by atoms with van der Waals surface area (Å²) in [4.78, 5) is 4.62. The van der Waals surface area contributed by atoms with Crippen LogP contribution >= 0.6 is 11.8 Å². The van der Waals surface area contributed by atoms with Crippen LogP contribution in [0.3, 0.4) is 0 Å². The molecule has 0 fully saturated rings. The smallest absolute Gasteiger partial charge is 0.311 e. The van der Waals surface area contributed by atoms with Gasteiger partial charge in [-0.15, -0.1) is 0 Å². The van der Waals surface area contributed by atoms with E-state index in [-0.39, 0.29) is 23.4 Å². The normalized spacial score (nSPS) is 13.5. The van der Waals surface area contributed by atoms with Crippen LogP contribution in [-0.4, -0.2) is 12.2 Å². The van der Waals surface area contributed by atoms with Gasteiger partial charge < -0.3 is 9.80 Å². The summed E-state index contributed by atoms with van der Waals surface area (Å²) in [6, 6.07) is 25.1. The lowest BCUT2D eigenvalue weighted by Gasteiger charge is -2.46. The van der Waals surface area contributed by atoms with E-state index < -0.39 is 5.51 Å². The van der Waals surface area contributed by atoms with Crippen LogP contribution in [0.25, 0.3) is 0 Å². The molecule has 2 heterocycles. The topological polar surface area (TPSA) is 6.48 Å². The Morgan fingerprint density at radius 1 is 0.500 bits per heavy atom. The highest BCUT2D eigenvalue weighted by Crippen LogP contribution is 2.50. The number of alkyl halides is 3. The summed E-state index contributed by atoms with van der Waals surface area (Å²) in [6.45, 7) is 16.6. The number of aryl methyl sites for hydroxylation is 8. The predicted octanol–water partition coefficient (Wildman–Crippen LogP) is 9.85. The Hall–Kier alpha value is -4.10. The van der Waals surface area contributed by atoms with Gasteiger partial charge in [0.05, 0.1) is 0 Å². The van der Waals surface area contributed by atoms with Crippen molar-refractivity contribution in [3.63, 3.8) is 0 Å². The minimum Gasteiger partial charge on any atom is -0.311 e. The predicted molar refractivity (Wildman–Crippen MR) is 190 cm³/mol. The van der Waals surface area contributed by atoms with E-state index in [4.69, 9.17) is 0 Å². The summed E-state index contributed by atoms with van der Waals surface area (Å²) in [7, 11) is 0. The third-order valence-corrected chi connectivity index (χ3v) is 10.0. The monoisotopic (exact) mass is 632 g/mol. The van der Waals surface area contributed by atoms with E-state index in [9.17, 15) is 13.2 Å². The molecule has 0 radical (unpaired) electrons. The molecule has 232 valence electrons. The van der Waals surface area contributed by atoms with E-state index in [2.05, 4.69) is 126 Å². The van der Waals surface area contributed by atoms with Gasteiger partial charge in [-0.05, 0) is 130 Å². The molecule has 0 saturated heterocycles. The number of fused-ring (bicyclic) bond motifs is 4. The first-order chi connectivity index (χ1) is 21.7. The first kappa shape index (κ1) is 30.6. The van der Waals surface area contributed by atoms with Crippen LogP contribution in [0.15, 0.2) is 77.7 Å². The number of halogens is 3. The Morgan fingerprint density at radius 3 is 1.30 bits per heavy atom. The Labute approximate surface area is 274 Å². The second-order valence-electron chi connectivity index (χ2n) is 13.1. The quantitative estimate of drug-likeness (QED) is 0.141. The molecule has 0 saturated carbocycles. The number of thioether (sulfide) groups is 1. The number of hydrogen-bond acceptors (Lipinski definition) is 3. The van der Waals surface area contributed by atoms with Crippen LogP contribution in [0.4, 0.5) is 47.3 Å². The molecule has 7 heteroatoms. The van der Waals surface area contributed by atoms with Crippen LogP contribution < -0.4 is 26.2 Å². The van der Waals surface area contributed by atoms with Gasteiger partial charge in [-0.3, -0.25) is 0 Å². The summed E-state index contributed by atoms with van der Waals surface area (Å²) >= 11 is -0.0413. The minimum atomic E-state index is -4.44. The molecule has 0 N–H and O–H groups in total. The van der Waals surface area contributed by atoms with E-state index in [1.807, 2.05) is 0 Å². The summed E-state index contributed by atoms with van der Waals surface area (Å²) < 4.78 is 42.6. The first-order valence-electron chi connectivity index (χ1n) is 15.6. The van der Waals surface area contributed by atoms with Crippen LogP contribution in [0.2, 0.25) is 0 Å². The molecule has 0 amide bonds. The number of hydrogen-bond donors (Lipinski definition) is 0. The molecule has 0 atom stereocenters. The van der Waals surface area contributed by atoms with E-state index >= 15 is 0 Å². The number of anilines is 6. The van der Waals surface area contributed by atoms with Crippen molar-refractivity contribution in [2.45, 2.75) is 65.8 Å². The maximum atomic E-state index is 14.2. The van der Waals surface area contributed by atoms with E-state index in [0.29, 0.717) is 0 Å². The standard InChI is InChI=1S/C39H36BF3N2S/c1-21-9-11-32(25(5)13-21)44-34-19-29(46-39(41,42)43)20-35-36(34)40(30-17-23(3)15-27(7)37(30)44)31-18-24(4)16-28(8)38(31)45(35)33-12-10-22(2)14-26(33)6/h9-20H,1-8H3. The second kappa shape index (κ2) is 10.7. The highest BCUT2D eigenvalue weighted by molar-refractivity contribution is 8.00. The second-order valence-corrected chi connectivity index (χ2v) is 14.3. The molecule has 0 bridgehead atoms. The highest BCUT2D eigenvalue weighted by atomic mass is 32.2. The number of nitrogens with zero attached hydrogens (tertiary/aromatic N) is 2. The van der Waals surface area contributed by atoms with E-state index in [0.717, 1.165) is 84.1 Å². The van der Waals surface area contributed by atoms with Gasteiger partial charge in [0, 0.05) is 39.0 Å². The zero-order valence-corrected chi connectivity index (χ0v) is 28.3. The Balaban J connectivity index is 1.67. The molecule has 46 heavy (non-hydrogen) atoms. The van der Waals surface area contributed by atoms with Crippen LogP contribution in [0.5, 0.6) is 0 Å². The molecule has 2 aliphatic heterocycles. The molecule has 2 nitrogen and oxygen atoms in total. The van der Waals surface area contributed by atoms with Gasteiger partial charge in [0.1, 0.15) is 0 Å². The van der Waals surface area contributed by atoms with Crippen molar-refractivity contribution >= 4 is 69.0 Å². The third-order valence-electron chi connectivity index (χ3n) is 9.32. The zero-order chi connectivity index (χ0) is 32.8. The minimum absolute atomic E-state index is 0.0413. The summed E-state index contributed by atoms with van der Waals surface area (Å²) in [6.07, 6.45) is 0. The van der Waals surface area contributed by atoms with Crippen molar-refractivity contribution in [3.8, 4) is 0 Å². The molecule has 5 aromatic carbocycles. The van der Waals surface area contributed by atoms with Gasteiger partial charge in [0.15, 0.2) is 0 Å². The first-order valence-corrected chi connectivity index (χ1v) is 16.4. The van der Waals surface area contributed by atoms with Gasteiger partial charge in [0.25, 0.3) is 6.71 Å². The summed E-state index contributed by atoms with van der Waals surface area (Å²) in [5.41, 5.74) is 13.5. The fourth-order valence-electron chi connectivity index (χ4n) is 7.83. The molecule has 7 rings (SSSR count). The van der Waals surface area contributed by atoms with Crippen molar-refractivity contribution < 1.29 is 13.2 Å². The molecular weight excluding hydrogens is 596 g/mol. The van der Waals surface area contributed by atoms with Crippen molar-refractivity contribution in [2.75, 3.05) is 9.80 Å². The number of benzene rings is 5. The maximum Gasteiger partial charge on any atom is 0.446 e. The number of rotatable bonds is 3. The molecule has 0 aromatic heterocycles. The SMILES string of the molecule is Cc1ccc(N2c3cc(SC(F)(F)F)cc4c3B(c3cc(C)cc(C)c32)c2cc(C)cc(C)c2N4c2ccc(C)cc2C)c(C)c1. The van der Waals surface area contributed by atoms with E-state index in [1.165, 1.54) is 10.9 Å². The lowest BCUT2D eigenvalue weighted by molar-refractivity contribution is -0.0328. The molecule has 2 aliphatic rings. The molecule has 5 aromatic rings. The Bertz CT molecular complexity index is 1950. The lowest BCUT2D eigenvalue weighted by atomic mass is 9.33. The molecular formula is C39H36BF3N2S. The van der Waals surface area contributed by atoms with Crippen LogP contribution in [0, 0.1) is 55.4 Å². The summed E-state index contributed by atoms with van der Waals surface area (Å²) in [5, 5.41) is 0. The van der Waals surface area contributed by atoms with Crippen molar-refractivity contribution in [2.24, 2.45) is 0 Å². The highest BCUT2D eigenvalue weighted by Gasteiger charge is 2.45. The van der Waals surface area contributed by atoms with Crippen LogP contribution in [0.1, 0.15) is 44.5 Å². The van der Waals surface area contributed by atoms with Crippen molar-refractivity contribution in [3.05, 3.63) is 117 Å². The molecule has 0 aliphatic carbocycles. The van der Waals surface area contributed by atoms with Gasteiger partial charge in [0.2, 0.25) is 0 Å². The third kappa shape index (κ3) is 4.91. The zero-order valence-electron chi connectivity index (χ0n) is 27.4. The fourth-order valence-corrected chi connectivity index (χ4v) is 8.43. The van der Waals surface area contributed by atoms with Gasteiger partial charge in [-0.25, -0.2) is 0 Å². The lowest BCUT2D eigenvalue weighted by Crippen LogP contribution is -2.62. The van der Waals surface area contributed by atoms with Gasteiger partial charge in [-0.2, -0.15) is 13.2 Å². The molecule has 0 spiro atoms. The largest absolute Gasteiger partial charge is 0.446 e. The Morgan fingerprint density at radius 2 is 0.913 bits per heavy atom. The van der Waals surface area contributed by atoms with Crippen molar-refractivity contribution in [1.82, 2.24) is 0 Å². The van der Waals surface area contributed by atoms with E-state index in [1.54, 1.807) is 12.1 Å². The average Bonchev–Trinajstić information content (AvgIpc) is 2.93. The van der Waals surface area contributed by atoms with Gasteiger partial charge in [-0.1, -0.05) is 70.8 Å². The molecule has 0 unspecified atom stereocenters. The fraction of sp³-hybridized carbons (Fsp3) is 0.231. The Kier molecular flexibility index (Phi) is 7.13. The van der Waals surface area contributed by atoms with Crippen LogP contribution in [-0.2, 0) is 0 Å². The maximum absolute atomic E-state index is 14.2. The van der Waals surface area contributed by atoms with Gasteiger partial charge >= 0.3 is 5.51 Å². The average molecular weight is 633 g/mol. The summed E-state index contributed by atoms with van der Waals surface area (Å²) in [5.74, 6) is 0. The van der Waals surface area contributed by atoms with Crippen molar-refractivity contribution in [1.29, 1.82) is 0 Å².